The zero-order chi connectivity index (χ0) is 54.7. The molecule has 5 atom stereocenters. The van der Waals surface area contributed by atoms with Crippen molar-refractivity contribution in [2.24, 2.45) is 17.6 Å². The Kier molecular flexibility index (Phi) is 16.2. The summed E-state index contributed by atoms with van der Waals surface area (Å²) in [5.74, 6) is -4.35. The summed E-state index contributed by atoms with van der Waals surface area (Å²) in [5.41, 5.74) is 7.38. The van der Waals surface area contributed by atoms with Gasteiger partial charge in [-0.1, -0.05) is 39.8 Å². The number of carbonyl (C=O) groups is 8. The summed E-state index contributed by atoms with van der Waals surface area (Å²) in [4.78, 5) is 122. The summed E-state index contributed by atoms with van der Waals surface area (Å²) in [6, 6.07) is 5.77. The summed E-state index contributed by atoms with van der Waals surface area (Å²) in [6.45, 7) is 8.19. The predicted molar refractivity (Wildman–Crippen MR) is 270 cm³/mol. The molecule has 1 unspecified atom stereocenters. The number of nitrogens with two attached hydrogens (primary N) is 1. The number of esters is 1. The van der Waals surface area contributed by atoms with Crippen molar-refractivity contribution < 1.29 is 62.1 Å². The number of urea groups is 1. The molecule has 0 radical (unpaired) electrons. The van der Waals surface area contributed by atoms with Crippen LogP contribution in [0.5, 0.6) is 0 Å². The van der Waals surface area contributed by atoms with E-state index in [1.807, 2.05) is 0 Å². The van der Waals surface area contributed by atoms with Crippen molar-refractivity contribution in [3.05, 3.63) is 91.5 Å². The Morgan fingerprint density at radius 3 is 2.45 bits per heavy atom. The SMILES string of the molecule is CC[C@@]1(O)C(=O)OCc2c1cc1n(c2=O)Cc2c-1nc1cc(F)c(C)c3c1c2[C@@H](NC(=O)OCc1ccc(NC(=O)[C@H](CCCNC(N)=O)NC(=O)[C@@H](NC(=O)CCOCCN2C(=O)CC(C)C2=O)C(C)C)cc1)CC3. The normalized spacial score (nSPS) is 19.1. The molecule has 0 bridgehead atoms. The molecule has 0 saturated carbocycles. The van der Waals surface area contributed by atoms with E-state index < -0.39 is 76.8 Å². The minimum Gasteiger partial charge on any atom is -0.458 e. The zero-order valence-corrected chi connectivity index (χ0v) is 42.9. The summed E-state index contributed by atoms with van der Waals surface area (Å²) < 4.78 is 33.3. The molecule has 8 amide bonds. The van der Waals surface area contributed by atoms with Crippen LogP contribution in [0.1, 0.15) is 111 Å². The first-order valence-corrected chi connectivity index (χ1v) is 25.4. The van der Waals surface area contributed by atoms with E-state index in [1.165, 1.54) is 10.6 Å². The topological polar surface area (TPSA) is 309 Å². The molecule has 1 saturated heterocycles. The average Bonchev–Trinajstić information content (AvgIpc) is 3.91. The minimum atomic E-state index is -2.05. The number of rotatable bonds is 20. The molecule has 8 N–H and O–H groups in total. The third-order valence-corrected chi connectivity index (χ3v) is 14.5. The maximum absolute atomic E-state index is 15.4. The fraction of sp³-hybridized carbons (Fsp3) is 0.472. The van der Waals surface area contributed by atoms with Crippen molar-refractivity contribution in [1.29, 1.82) is 0 Å². The molecule has 23 heteroatoms. The van der Waals surface area contributed by atoms with Crippen molar-refractivity contribution in [2.75, 3.05) is 31.6 Å². The quantitative estimate of drug-likeness (QED) is 0.0335. The van der Waals surface area contributed by atoms with Gasteiger partial charge in [-0.2, -0.15) is 0 Å². The number of pyridine rings is 2. The Balaban J connectivity index is 0.897. The van der Waals surface area contributed by atoms with E-state index in [9.17, 15) is 48.3 Å². The smallest absolute Gasteiger partial charge is 0.407 e. The highest BCUT2D eigenvalue weighted by Crippen LogP contribution is 2.46. The van der Waals surface area contributed by atoms with Crippen molar-refractivity contribution >= 4 is 64.2 Å². The van der Waals surface area contributed by atoms with E-state index >= 15 is 4.39 Å². The first-order chi connectivity index (χ1) is 36.2. The average molecular weight is 1050 g/mol. The van der Waals surface area contributed by atoms with E-state index in [-0.39, 0.29) is 107 Å². The number of aryl methyl sites for hydroxylation is 1. The van der Waals surface area contributed by atoms with Crippen molar-refractivity contribution in [3.63, 3.8) is 0 Å². The highest BCUT2D eigenvalue weighted by molar-refractivity contribution is 6.03. The van der Waals surface area contributed by atoms with Gasteiger partial charge in [-0.05, 0) is 85.4 Å². The Hall–Kier alpha value is -7.79. The van der Waals surface area contributed by atoms with Crippen molar-refractivity contribution in [3.8, 4) is 11.4 Å². The monoisotopic (exact) mass is 1050 g/mol. The number of ether oxygens (including phenoxy) is 3. The number of alkyl carbamates (subject to hydrolysis) is 1. The van der Waals surface area contributed by atoms with Gasteiger partial charge in [-0.15, -0.1) is 0 Å². The van der Waals surface area contributed by atoms with Gasteiger partial charge >= 0.3 is 18.1 Å². The second kappa shape index (κ2) is 22.6. The summed E-state index contributed by atoms with van der Waals surface area (Å²) >= 11 is 0. The molecular formula is C53H62FN9O13. The molecule has 404 valence electrons. The van der Waals surface area contributed by atoms with Gasteiger partial charge in [0, 0.05) is 53.6 Å². The first-order valence-electron chi connectivity index (χ1n) is 25.4. The molecule has 2 aromatic heterocycles. The molecule has 8 rings (SSSR count). The highest BCUT2D eigenvalue weighted by Gasteiger charge is 2.46. The van der Waals surface area contributed by atoms with Gasteiger partial charge in [0.15, 0.2) is 5.60 Å². The van der Waals surface area contributed by atoms with Crippen LogP contribution in [0.3, 0.4) is 0 Å². The second-order valence-corrected chi connectivity index (χ2v) is 19.9. The Morgan fingerprint density at radius 1 is 1.01 bits per heavy atom. The number of cyclic esters (lactones) is 1. The number of hydrogen-bond donors (Lipinski definition) is 7. The lowest BCUT2D eigenvalue weighted by molar-refractivity contribution is -0.172. The maximum Gasteiger partial charge on any atom is 0.407 e. The Bertz CT molecular complexity index is 3090. The minimum absolute atomic E-state index is 0.0316. The third-order valence-electron chi connectivity index (χ3n) is 14.5. The molecule has 3 aliphatic heterocycles. The predicted octanol–water partition coefficient (Wildman–Crippen LogP) is 3.26. The van der Waals surface area contributed by atoms with Gasteiger partial charge < -0.3 is 56.2 Å². The lowest BCUT2D eigenvalue weighted by atomic mass is 9.81. The van der Waals surface area contributed by atoms with Crippen LogP contribution in [0.15, 0.2) is 41.2 Å². The molecule has 4 aromatic rings. The van der Waals surface area contributed by atoms with E-state index in [0.29, 0.717) is 63.1 Å². The summed E-state index contributed by atoms with van der Waals surface area (Å²) in [6.07, 6.45) is 0.339. The number of nitrogens with zero attached hydrogens (tertiary/aromatic N) is 3. The molecule has 1 fully saturated rings. The fourth-order valence-electron chi connectivity index (χ4n) is 10.3. The van der Waals surface area contributed by atoms with Crippen molar-refractivity contribution in [1.82, 2.24) is 35.7 Å². The number of likely N-dealkylation sites (tertiary alicyclic amines) is 1. The van der Waals surface area contributed by atoms with Crippen LogP contribution in [0.2, 0.25) is 0 Å². The van der Waals surface area contributed by atoms with Crippen LogP contribution >= 0.6 is 0 Å². The molecular weight excluding hydrogens is 990 g/mol. The molecule has 5 heterocycles. The van der Waals surface area contributed by atoms with Crippen LogP contribution < -0.4 is 37.9 Å². The molecule has 2 aromatic carbocycles. The van der Waals surface area contributed by atoms with E-state index in [1.54, 1.807) is 65.0 Å². The molecule has 4 aliphatic rings. The van der Waals surface area contributed by atoms with Crippen LogP contribution in [-0.2, 0) is 74.8 Å². The van der Waals surface area contributed by atoms with Gasteiger partial charge in [0.25, 0.3) is 5.56 Å². The van der Waals surface area contributed by atoms with E-state index in [2.05, 4.69) is 26.6 Å². The van der Waals surface area contributed by atoms with Crippen molar-refractivity contribution in [2.45, 2.75) is 123 Å². The van der Waals surface area contributed by atoms with E-state index in [4.69, 9.17) is 24.9 Å². The van der Waals surface area contributed by atoms with Crippen LogP contribution in [-0.4, -0.2) is 106 Å². The fourth-order valence-corrected chi connectivity index (χ4v) is 10.3. The number of anilines is 1. The van der Waals surface area contributed by atoms with Gasteiger partial charge in [-0.3, -0.25) is 33.7 Å². The number of halogens is 1. The maximum atomic E-state index is 15.4. The van der Waals surface area contributed by atoms with Gasteiger partial charge in [0.05, 0.1) is 54.8 Å². The van der Waals surface area contributed by atoms with Gasteiger partial charge in [-0.25, -0.2) is 23.8 Å². The largest absolute Gasteiger partial charge is 0.458 e. The lowest BCUT2D eigenvalue weighted by Gasteiger charge is -2.31. The molecule has 22 nitrogen and oxygen atoms in total. The summed E-state index contributed by atoms with van der Waals surface area (Å²) in [7, 11) is 0. The first kappa shape index (κ1) is 54.5. The van der Waals surface area contributed by atoms with Crippen LogP contribution in [0.4, 0.5) is 19.7 Å². The lowest BCUT2D eigenvalue weighted by Crippen LogP contribution is -2.54. The third kappa shape index (κ3) is 11.1. The molecule has 1 aliphatic carbocycles. The number of imide groups is 1. The number of fused-ring (bicyclic) bond motifs is 5. The number of carbonyl (C=O) groups excluding carboxylic acids is 8. The van der Waals surface area contributed by atoms with Gasteiger partial charge in [0.2, 0.25) is 29.5 Å². The van der Waals surface area contributed by atoms with Crippen LogP contribution in [0, 0.1) is 24.6 Å². The zero-order valence-electron chi connectivity index (χ0n) is 42.9. The number of nitrogens with one attached hydrogen (secondary N) is 5. The molecule has 0 spiro atoms. The second-order valence-electron chi connectivity index (χ2n) is 19.9. The standard InChI is InChI=1S/C53H62FN9O13/c1-6-53(73)34-21-39-45-32(23-63(39)49(69)33(34)25-75-50(53)70)43-36(14-13-31-28(5)35(54)22-38(58-45)42(31)43)60-52(72)76-24-29-9-11-30(12-10-29)57-46(66)37(8-7-16-56-51(55)71)59-47(67)44(26(2)3)61-40(64)15-18-74-19-17-62-41(65)20-27(4)48(62)68/h9-12,21-22,26-27,36-37,44,73H,6-8,13-20,23-25H2,1-5H3,(H,57,66)(H,59,67)(H,60,72)(H,61,64)(H3,55,56,71)/t27?,36-,37-,44-,53-/m0/s1. The number of benzene rings is 2. The highest BCUT2D eigenvalue weighted by atomic mass is 19.1. The number of hydrogen-bond acceptors (Lipinski definition) is 14. The van der Waals surface area contributed by atoms with Gasteiger partial charge in [0.1, 0.15) is 31.1 Å². The van der Waals surface area contributed by atoms with E-state index in [0.717, 1.165) is 10.5 Å². The number of amides is 8. The number of aromatic nitrogens is 2. The Morgan fingerprint density at radius 2 is 1.76 bits per heavy atom. The Labute approximate surface area is 435 Å². The number of primary amides is 1. The summed E-state index contributed by atoms with van der Waals surface area (Å²) in [5, 5.41) is 25.7. The van der Waals surface area contributed by atoms with Crippen LogP contribution in [0.25, 0.3) is 22.3 Å². The number of aliphatic hydroxyl groups is 1. The molecule has 76 heavy (non-hydrogen) atoms.